The molecule has 1 aliphatic heterocycles. The number of nitrogens with zero attached hydrogens (tertiary/aromatic N) is 3. The molecule has 1 saturated carbocycles. The normalized spacial score (nSPS) is 20.8. The van der Waals surface area contributed by atoms with E-state index in [-0.39, 0.29) is 22.3 Å². The molecule has 0 unspecified atom stereocenters. The van der Waals surface area contributed by atoms with Crippen molar-refractivity contribution in [3.63, 3.8) is 0 Å². The van der Waals surface area contributed by atoms with Gasteiger partial charge in [0, 0.05) is 24.1 Å². The highest BCUT2D eigenvalue weighted by molar-refractivity contribution is 7.89. The largest absolute Gasteiger partial charge is 0.495 e. The summed E-state index contributed by atoms with van der Waals surface area (Å²) in [7, 11) is -2.36. The van der Waals surface area contributed by atoms with Crippen LogP contribution in [0.1, 0.15) is 79.6 Å². The van der Waals surface area contributed by atoms with Crippen LogP contribution in [-0.2, 0) is 10.0 Å². The van der Waals surface area contributed by atoms with Crippen LogP contribution in [0, 0.1) is 0 Å². The fourth-order valence-electron chi connectivity index (χ4n) is 4.54. The van der Waals surface area contributed by atoms with Crippen LogP contribution in [0.3, 0.4) is 0 Å². The fourth-order valence-corrected chi connectivity index (χ4v) is 7.33. The number of rotatable bonds is 6. The van der Waals surface area contributed by atoms with Gasteiger partial charge in [-0.25, -0.2) is 8.42 Å². The van der Waals surface area contributed by atoms with Crippen LogP contribution in [0.4, 0.5) is 5.13 Å². The highest BCUT2D eigenvalue weighted by Crippen LogP contribution is 2.36. The van der Waals surface area contributed by atoms with Gasteiger partial charge in [0.1, 0.15) is 15.7 Å². The molecule has 1 saturated heterocycles. The lowest BCUT2D eigenvalue weighted by Gasteiger charge is -2.32. The van der Waals surface area contributed by atoms with Crippen LogP contribution < -0.4 is 10.1 Å². The Morgan fingerprint density at radius 2 is 1.88 bits per heavy atom. The zero-order chi connectivity index (χ0) is 22.7. The Balaban J connectivity index is 1.55. The molecule has 32 heavy (non-hydrogen) atoms. The summed E-state index contributed by atoms with van der Waals surface area (Å²) in [4.78, 5) is 12.9. The van der Waals surface area contributed by atoms with Crippen LogP contribution in [0.15, 0.2) is 23.1 Å². The molecule has 4 rings (SSSR count). The van der Waals surface area contributed by atoms with Gasteiger partial charge in [0.15, 0.2) is 0 Å². The van der Waals surface area contributed by atoms with Gasteiger partial charge in [-0.2, -0.15) is 4.31 Å². The maximum absolute atomic E-state index is 13.4. The number of sulfonamides is 1. The summed E-state index contributed by atoms with van der Waals surface area (Å²) in [6.07, 6.45) is 8.54. The lowest BCUT2D eigenvalue weighted by Crippen LogP contribution is -2.42. The zero-order valence-corrected chi connectivity index (χ0v) is 20.2. The van der Waals surface area contributed by atoms with Crippen molar-refractivity contribution in [2.24, 2.45) is 0 Å². The highest BCUT2D eigenvalue weighted by atomic mass is 32.2. The molecule has 0 bridgehead atoms. The van der Waals surface area contributed by atoms with Gasteiger partial charge in [-0.05, 0) is 50.8 Å². The topological polar surface area (TPSA) is 101 Å². The first-order valence-electron chi connectivity index (χ1n) is 11.2. The van der Waals surface area contributed by atoms with Gasteiger partial charge in [0.2, 0.25) is 15.2 Å². The predicted molar refractivity (Wildman–Crippen MR) is 124 cm³/mol. The van der Waals surface area contributed by atoms with Gasteiger partial charge in [-0.3, -0.25) is 10.1 Å². The van der Waals surface area contributed by atoms with Crippen molar-refractivity contribution >= 4 is 32.4 Å². The minimum atomic E-state index is -3.79. The molecule has 10 heteroatoms. The van der Waals surface area contributed by atoms with Gasteiger partial charge in [-0.1, -0.05) is 37.0 Å². The van der Waals surface area contributed by atoms with E-state index in [1.165, 1.54) is 54.1 Å². The third kappa shape index (κ3) is 4.82. The van der Waals surface area contributed by atoms with Crippen molar-refractivity contribution in [2.45, 2.75) is 75.1 Å². The first-order valence-corrected chi connectivity index (χ1v) is 13.5. The monoisotopic (exact) mass is 478 g/mol. The third-order valence-electron chi connectivity index (χ3n) is 6.37. The van der Waals surface area contributed by atoms with E-state index in [2.05, 4.69) is 15.5 Å². The lowest BCUT2D eigenvalue weighted by molar-refractivity contribution is 0.102. The number of methoxy groups -OCH3 is 1. The second-order valence-corrected chi connectivity index (χ2v) is 11.4. The Morgan fingerprint density at radius 3 is 2.59 bits per heavy atom. The molecule has 2 aromatic rings. The number of hydrogen-bond donors (Lipinski definition) is 1. The molecule has 1 aromatic carbocycles. The number of aromatic nitrogens is 2. The fraction of sp³-hybridized carbons (Fsp3) is 0.591. The van der Waals surface area contributed by atoms with Crippen LogP contribution in [0.2, 0.25) is 0 Å². The number of hydrogen-bond acceptors (Lipinski definition) is 7. The summed E-state index contributed by atoms with van der Waals surface area (Å²) in [6.45, 7) is 2.39. The van der Waals surface area contributed by atoms with Crippen molar-refractivity contribution in [3.8, 4) is 5.75 Å². The Hall–Kier alpha value is -2.04. The number of carbonyl (C=O) groups is 1. The van der Waals surface area contributed by atoms with Crippen molar-refractivity contribution < 1.29 is 17.9 Å². The SMILES string of the molecule is COc1ccc(C(=O)Nc2nnc(C3CCCCC3)s2)cc1S(=O)(=O)N1CCCC[C@H]1C. The number of amides is 1. The molecule has 1 aliphatic carbocycles. The molecule has 2 aliphatic rings. The summed E-state index contributed by atoms with van der Waals surface area (Å²) < 4.78 is 33.6. The van der Waals surface area contributed by atoms with E-state index in [4.69, 9.17) is 4.74 Å². The first-order chi connectivity index (χ1) is 15.4. The molecule has 0 radical (unpaired) electrons. The minimum absolute atomic E-state index is 0.0153. The smallest absolute Gasteiger partial charge is 0.257 e. The number of nitrogens with one attached hydrogen (secondary N) is 1. The summed E-state index contributed by atoms with van der Waals surface area (Å²) in [5.41, 5.74) is 0.239. The molecule has 1 aromatic heterocycles. The molecule has 2 fully saturated rings. The molecule has 174 valence electrons. The standard InChI is InChI=1S/C22H30N4O4S2/c1-15-8-6-7-13-26(15)32(28,29)19-14-17(11-12-18(19)30-2)20(27)23-22-25-24-21(31-22)16-9-4-3-5-10-16/h11-12,14-16H,3-10,13H2,1-2H3,(H,23,25,27)/t15-/m1/s1. The minimum Gasteiger partial charge on any atom is -0.495 e. The third-order valence-corrected chi connectivity index (χ3v) is 9.41. The molecule has 2 heterocycles. The van der Waals surface area contributed by atoms with Crippen LogP contribution in [0.5, 0.6) is 5.75 Å². The lowest BCUT2D eigenvalue weighted by atomic mass is 9.90. The van der Waals surface area contributed by atoms with E-state index in [9.17, 15) is 13.2 Å². The molecule has 1 N–H and O–H groups in total. The average molecular weight is 479 g/mol. The van der Waals surface area contributed by atoms with E-state index in [1.54, 1.807) is 6.07 Å². The summed E-state index contributed by atoms with van der Waals surface area (Å²) in [5, 5.41) is 12.6. The van der Waals surface area contributed by atoms with E-state index in [0.717, 1.165) is 37.1 Å². The van der Waals surface area contributed by atoms with Crippen molar-refractivity contribution in [1.82, 2.24) is 14.5 Å². The van der Waals surface area contributed by atoms with Gasteiger partial charge >= 0.3 is 0 Å². The maximum atomic E-state index is 13.4. The number of carbonyl (C=O) groups excluding carboxylic acids is 1. The van der Waals surface area contributed by atoms with Crippen molar-refractivity contribution in [2.75, 3.05) is 19.0 Å². The average Bonchev–Trinajstić information content (AvgIpc) is 3.28. The molecular formula is C22H30N4O4S2. The van der Waals surface area contributed by atoms with E-state index >= 15 is 0 Å². The highest BCUT2D eigenvalue weighted by Gasteiger charge is 2.33. The summed E-state index contributed by atoms with van der Waals surface area (Å²) in [6, 6.07) is 4.41. The maximum Gasteiger partial charge on any atom is 0.257 e. The Morgan fingerprint density at radius 1 is 1.12 bits per heavy atom. The second-order valence-electron chi connectivity index (χ2n) is 8.56. The van der Waals surface area contributed by atoms with Gasteiger partial charge < -0.3 is 4.74 Å². The van der Waals surface area contributed by atoms with Crippen LogP contribution in [-0.4, -0.2) is 48.5 Å². The van der Waals surface area contributed by atoms with Gasteiger partial charge in [0.05, 0.1) is 7.11 Å². The Kier molecular flexibility index (Phi) is 7.11. The number of anilines is 1. The van der Waals surface area contributed by atoms with Crippen molar-refractivity contribution in [1.29, 1.82) is 0 Å². The zero-order valence-electron chi connectivity index (χ0n) is 18.5. The van der Waals surface area contributed by atoms with Crippen LogP contribution in [0.25, 0.3) is 0 Å². The second kappa shape index (κ2) is 9.84. The molecule has 1 atom stereocenters. The Labute approximate surface area is 193 Å². The number of piperidine rings is 1. The predicted octanol–water partition coefficient (Wildman–Crippen LogP) is 4.41. The first kappa shape index (κ1) is 23.1. The Bertz CT molecular complexity index is 1060. The number of ether oxygens (including phenoxy) is 1. The summed E-state index contributed by atoms with van der Waals surface area (Å²) >= 11 is 1.40. The molecular weight excluding hydrogens is 448 g/mol. The van der Waals surface area contributed by atoms with Crippen molar-refractivity contribution in [3.05, 3.63) is 28.8 Å². The molecule has 1 amide bonds. The van der Waals surface area contributed by atoms with Gasteiger partial charge in [0.25, 0.3) is 5.91 Å². The number of benzene rings is 1. The van der Waals surface area contributed by atoms with Gasteiger partial charge in [-0.15, -0.1) is 10.2 Å². The molecule has 8 nitrogen and oxygen atoms in total. The molecule has 0 spiro atoms. The summed E-state index contributed by atoms with van der Waals surface area (Å²) in [5.74, 6) is 0.230. The quantitative estimate of drug-likeness (QED) is 0.660. The van der Waals surface area contributed by atoms with E-state index in [0.29, 0.717) is 17.6 Å². The van der Waals surface area contributed by atoms with Crippen LogP contribution >= 0.6 is 11.3 Å². The van der Waals surface area contributed by atoms with E-state index < -0.39 is 15.9 Å². The van der Waals surface area contributed by atoms with E-state index in [1.807, 2.05) is 6.92 Å².